The zero-order valence-electron chi connectivity index (χ0n) is 13.6. The first-order valence-corrected chi connectivity index (χ1v) is 9.94. The van der Waals surface area contributed by atoms with Gasteiger partial charge < -0.3 is 10.6 Å². The molecule has 0 aliphatic rings. The van der Waals surface area contributed by atoms with Crippen LogP contribution in [0.15, 0.2) is 46.0 Å². The number of sulfonamides is 1. The van der Waals surface area contributed by atoms with Crippen LogP contribution in [0.2, 0.25) is 0 Å². The van der Waals surface area contributed by atoms with Crippen molar-refractivity contribution in [1.82, 2.24) is 15.4 Å². The Kier molecular flexibility index (Phi) is 6.68. The van der Waals surface area contributed by atoms with Crippen molar-refractivity contribution >= 4 is 33.2 Å². The molecule has 0 saturated carbocycles. The predicted octanol–water partition coefficient (Wildman–Crippen LogP) is 1.09. The van der Waals surface area contributed by atoms with Crippen LogP contribution < -0.4 is 15.4 Å². The lowest BCUT2D eigenvalue weighted by Gasteiger charge is -2.07. The van der Waals surface area contributed by atoms with Gasteiger partial charge in [-0.3, -0.25) is 9.59 Å². The van der Waals surface area contributed by atoms with E-state index in [1.807, 2.05) is 5.38 Å². The van der Waals surface area contributed by atoms with Gasteiger partial charge in [0.15, 0.2) is 0 Å². The Hall–Kier alpha value is -2.23. The summed E-state index contributed by atoms with van der Waals surface area (Å²) < 4.78 is 25.5. The van der Waals surface area contributed by atoms with E-state index >= 15 is 0 Å². The summed E-state index contributed by atoms with van der Waals surface area (Å²) >= 11 is 1.44. The van der Waals surface area contributed by atoms with Crippen LogP contribution in [0.1, 0.15) is 22.3 Å². The lowest BCUT2D eigenvalue weighted by Crippen LogP contribution is -2.30. The van der Waals surface area contributed by atoms with Gasteiger partial charge in [-0.1, -0.05) is 12.1 Å². The molecule has 0 atom stereocenters. The highest BCUT2D eigenvalue weighted by Crippen LogP contribution is 2.10. The fourth-order valence-corrected chi connectivity index (χ4v) is 3.34. The highest BCUT2D eigenvalue weighted by atomic mass is 32.2. The molecule has 7 nitrogen and oxygen atoms in total. The summed E-state index contributed by atoms with van der Waals surface area (Å²) in [5.74, 6) is -0.395. The van der Waals surface area contributed by atoms with Gasteiger partial charge in [-0.2, -0.15) is 11.3 Å². The predicted molar refractivity (Wildman–Crippen MR) is 95.8 cm³/mol. The molecule has 1 aromatic heterocycles. The number of rotatable bonds is 8. The third-order valence-electron chi connectivity index (χ3n) is 3.41. The van der Waals surface area contributed by atoms with Gasteiger partial charge in [0.25, 0.3) is 5.91 Å². The van der Waals surface area contributed by atoms with Crippen LogP contribution in [-0.4, -0.2) is 33.8 Å². The summed E-state index contributed by atoms with van der Waals surface area (Å²) in [5.41, 5.74) is 1.37. The van der Waals surface area contributed by atoms with Gasteiger partial charge in [0.1, 0.15) is 0 Å². The van der Waals surface area contributed by atoms with Crippen molar-refractivity contribution < 1.29 is 18.0 Å². The zero-order chi connectivity index (χ0) is 18.3. The topological polar surface area (TPSA) is 104 Å². The van der Waals surface area contributed by atoms with E-state index in [-0.39, 0.29) is 36.2 Å². The van der Waals surface area contributed by atoms with E-state index in [9.17, 15) is 18.0 Å². The van der Waals surface area contributed by atoms with Gasteiger partial charge in [0.2, 0.25) is 15.9 Å². The third-order valence-corrected chi connectivity index (χ3v) is 5.53. The Morgan fingerprint density at radius 1 is 1.08 bits per heavy atom. The molecule has 9 heteroatoms. The van der Waals surface area contributed by atoms with Gasteiger partial charge in [-0.05, 0) is 36.2 Å². The lowest BCUT2D eigenvalue weighted by atomic mass is 10.2. The molecule has 2 aromatic rings. The van der Waals surface area contributed by atoms with Crippen LogP contribution in [0.5, 0.6) is 0 Å². The fourth-order valence-electron chi connectivity index (χ4n) is 1.98. The zero-order valence-corrected chi connectivity index (χ0v) is 15.2. The molecule has 2 amide bonds. The number of nitrogens with one attached hydrogen (secondary N) is 3. The molecule has 0 saturated heterocycles. The van der Waals surface area contributed by atoms with E-state index in [0.717, 1.165) is 5.56 Å². The summed E-state index contributed by atoms with van der Waals surface area (Å²) in [5, 5.41) is 8.96. The van der Waals surface area contributed by atoms with Crippen LogP contribution in [0.4, 0.5) is 0 Å². The number of hydrogen-bond acceptors (Lipinski definition) is 5. The molecule has 0 radical (unpaired) electrons. The average molecular weight is 381 g/mol. The molecule has 1 aromatic carbocycles. The van der Waals surface area contributed by atoms with Gasteiger partial charge in [0.05, 0.1) is 4.90 Å². The normalized spacial score (nSPS) is 11.1. The van der Waals surface area contributed by atoms with Crippen molar-refractivity contribution in [3.05, 3.63) is 52.2 Å². The number of carbonyl (C=O) groups is 2. The molecule has 1 heterocycles. The van der Waals surface area contributed by atoms with Gasteiger partial charge in [-0.25, -0.2) is 13.1 Å². The Balaban J connectivity index is 1.74. The minimum atomic E-state index is -3.46. The number of carbonyl (C=O) groups excluding carboxylic acids is 2. The minimum Gasteiger partial charge on any atom is -0.352 e. The van der Waals surface area contributed by atoms with Crippen molar-refractivity contribution in [1.29, 1.82) is 0 Å². The van der Waals surface area contributed by atoms with Crippen molar-refractivity contribution in [3.63, 3.8) is 0 Å². The highest BCUT2D eigenvalue weighted by molar-refractivity contribution is 7.89. The average Bonchev–Trinajstić information content (AvgIpc) is 3.15. The Morgan fingerprint density at radius 3 is 2.40 bits per heavy atom. The van der Waals surface area contributed by atoms with Crippen molar-refractivity contribution in [3.8, 4) is 0 Å². The van der Waals surface area contributed by atoms with E-state index < -0.39 is 10.0 Å². The highest BCUT2D eigenvalue weighted by Gasteiger charge is 2.11. The van der Waals surface area contributed by atoms with E-state index in [4.69, 9.17) is 0 Å². The summed E-state index contributed by atoms with van der Waals surface area (Å²) in [4.78, 5) is 23.7. The second-order valence-electron chi connectivity index (χ2n) is 5.15. The number of amides is 2. The molecule has 0 aliphatic heterocycles. The summed E-state index contributed by atoms with van der Waals surface area (Å²) in [6.45, 7) is 0.539. The van der Waals surface area contributed by atoms with Gasteiger partial charge >= 0.3 is 0 Å². The second-order valence-corrected chi connectivity index (χ2v) is 7.81. The Morgan fingerprint density at radius 2 is 1.80 bits per heavy atom. The maximum absolute atomic E-state index is 11.8. The van der Waals surface area contributed by atoms with Crippen LogP contribution >= 0.6 is 11.3 Å². The van der Waals surface area contributed by atoms with Crippen LogP contribution in [-0.2, 0) is 21.4 Å². The maximum atomic E-state index is 11.8. The second kappa shape index (κ2) is 8.75. The molecule has 0 bridgehead atoms. The van der Waals surface area contributed by atoms with Crippen LogP contribution in [0.25, 0.3) is 0 Å². The first kappa shape index (κ1) is 19.1. The smallest absolute Gasteiger partial charge is 0.252 e. The van der Waals surface area contributed by atoms with Crippen LogP contribution in [0.3, 0.4) is 0 Å². The molecule has 25 heavy (non-hydrogen) atoms. The molecule has 2 rings (SSSR count). The van der Waals surface area contributed by atoms with E-state index in [2.05, 4.69) is 15.4 Å². The molecule has 0 unspecified atom stereocenters. The van der Waals surface area contributed by atoms with E-state index in [1.165, 1.54) is 30.5 Å². The summed E-state index contributed by atoms with van der Waals surface area (Å²) in [7, 11) is -2.11. The molecule has 0 fully saturated rings. The van der Waals surface area contributed by atoms with Gasteiger partial charge in [-0.15, -0.1) is 0 Å². The van der Waals surface area contributed by atoms with Crippen LogP contribution in [0, 0.1) is 0 Å². The molecule has 134 valence electrons. The largest absolute Gasteiger partial charge is 0.352 e. The Bertz CT molecular complexity index is 816. The summed E-state index contributed by atoms with van der Waals surface area (Å²) in [6, 6.07) is 7.96. The van der Waals surface area contributed by atoms with E-state index in [0.29, 0.717) is 5.56 Å². The van der Waals surface area contributed by atoms with Crippen molar-refractivity contribution in [2.24, 2.45) is 0 Å². The molecule has 0 spiro atoms. The first-order chi connectivity index (χ1) is 11.9. The number of hydrogen-bond donors (Lipinski definition) is 3. The van der Waals surface area contributed by atoms with Gasteiger partial charge in [0, 0.05) is 30.5 Å². The maximum Gasteiger partial charge on any atom is 0.252 e. The number of benzene rings is 1. The Labute approximate surface area is 150 Å². The monoisotopic (exact) mass is 381 g/mol. The molecule has 0 aliphatic carbocycles. The fraction of sp³-hybridized carbons (Fsp3) is 0.250. The molecule has 3 N–H and O–H groups in total. The SMILES string of the molecule is CNS(=O)(=O)c1ccc(CNC(=O)CCNC(=O)c2ccsc2)cc1. The van der Waals surface area contributed by atoms with Crippen molar-refractivity contribution in [2.75, 3.05) is 13.6 Å². The first-order valence-electron chi connectivity index (χ1n) is 7.52. The lowest BCUT2D eigenvalue weighted by molar-refractivity contribution is -0.121. The number of thiophene rings is 1. The quantitative estimate of drug-likeness (QED) is 0.637. The van der Waals surface area contributed by atoms with Crippen molar-refractivity contribution in [2.45, 2.75) is 17.9 Å². The van der Waals surface area contributed by atoms with E-state index in [1.54, 1.807) is 23.6 Å². The molecular weight excluding hydrogens is 362 g/mol. The minimum absolute atomic E-state index is 0.168. The third kappa shape index (κ3) is 5.66. The summed E-state index contributed by atoms with van der Waals surface area (Å²) in [6.07, 6.45) is 0.169. The molecular formula is C16H19N3O4S2. The standard InChI is InChI=1S/C16H19N3O4S2/c1-17-25(22,23)14-4-2-12(3-5-14)10-19-15(20)6-8-18-16(21)13-7-9-24-11-13/h2-5,7,9,11,17H,6,8,10H2,1H3,(H,18,21)(H,19,20).